The van der Waals surface area contributed by atoms with E-state index < -0.39 is 0 Å². The number of carbonyl (C=O) groups is 1. The largest absolute Gasteiger partial charge is 0.341 e. The lowest BCUT2D eigenvalue weighted by atomic mass is 10.2. The van der Waals surface area contributed by atoms with E-state index in [0.717, 1.165) is 44.0 Å². The normalized spacial score (nSPS) is 15.9. The summed E-state index contributed by atoms with van der Waals surface area (Å²) >= 11 is 1.63. The predicted octanol–water partition coefficient (Wildman–Crippen LogP) is 3.51. The van der Waals surface area contributed by atoms with Gasteiger partial charge >= 0.3 is 0 Å². The van der Waals surface area contributed by atoms with Crippen molar-refractivity contribution in [1.29, 1.82) is 0 Å². The van der Waals surface area contributed by atoms with E-state index in [1.807, 2.05) is 23.1 Å². The van der Waals surface area contributed by atoms with Crippen LogP contribution in [0.3, 0.4) is 0 Å². The summed E-state index contributed by atoms with van der Waals surface area (Å²) in [5.41, 5.74) is 1.34. The van der Waals surface area contributed by atoms with Crippen molar-refractivity contribution in [2.45, 2.75) is 17.9 Å². The molecule has 1 fully saturated rings. The van der Waals surface area contributed by atoms with E-state index in [9.17, 15) is 4.79 Å². The lowest BCUT2D eigenvalue weighted by Gasteiger charge is -2.22. The van der Waals surface area contributed by atoms with Crippen LogP contribution in [-0.2, 0) is 11.3 Å². The summed E-state index contributed by atoms with van der Waals surface area (Å²) in [5.74, 6) is 0.785. The summed E-state index contributed by atoms with van der Waals surface area (Å²) in [6.45, 7) is 4.70. The molecule has 4 heteroatoms. The van der Waals surface area contributed by atoms with Crippen molar-refractivity contribution in [1.82, 2.24) is 9.80 Å². The first-order valence-electron chi connectivity index (χ1n) is 8.53. The molecule has 0 bridgehead atoms. The van der Waals surface area contributed by atoms with Crippen molar-refractivity contribution < 1.29 is 4.79 Å². The lowest BCUT2D eigenvalue weighted by Crippen LogP contribution is -2.36. The number of carbonyl (C=O) groups excluding carboxylic acids is 1. The highest BCUT2D eigenvalue weighted by atomic mass is 32.2. The molecule has 0 spiro atoms. The van der Waals surface area contributed by atoms with Crippen LogP contribution in [-0.4, -0.2) is 47.6 Å². The van der Waals surface area contributed by atoms with Crippen molar-refractivity contribution in [3.63, 3.8) is 0 Å². The van der Waals surface area contributed by atoms with Gasteiger partial charge in [0.1, 0.15) is 0 Å². The number of amides is 1. The van der Waals surface area contributed by atoms with Crippen molar-refractivity contribution in [3.8, 4) is 0 Å². The minimum atomic E-state index is 0.255. The van der Waals surface area contributed by atoms with Crippen molar-refractivity contribution in [2.24, 2.45) is 0 Å². The minimum Gasteiger partial charge on any atom is -0.341 e. The van der Waals surface area contributed by atoms with E-state index >= 15 is 0 Å². The highest BCUT2D eigenvalue weighted by Gasteiger charge is 2.19. The Morgan fingerprint density at radius 3 is 2.33 bits per heavy atom. The second-order valence-electron chi connectivity index (χ2n) is 6.10. The third-order valence-corrected chi connectivity index (χ3v) is 5.29. The number of nitrogens with zero attached hydrogens (tertiary/aromatic N) is 2. The minimum absolute atomic E-state index is 0.255. The number of thioether (sulfide) groups is 1. The zero-order chi connectivity index (χ0) is 16.6. The highest BCUT2D eigenvalue weighted by Crippen LogP contribution is 2.18. The van der Waals surface area contributed by atoms with E-state index in [4.69, 9.17) is 0 Å². The maximum atomic E-state index is 12.5. The van der Waals surface area contributed by atoms with Crippen LogP contribution in [0.5, 0.6) is 0 Å². The fraction of sp³-hybridized carbons (Fsp3) is 0.350. The summed E-state index contributed by atoms with van der Waals surface area (Å²) in [5, 5.41) is 0. The molecule has 0 radical (unpaired) electrons. The van der Waals surface area contributed by atoms with Gasteiger partial charge in [0, 0.05) is 37.6 Å². The summed E-state index contributed by atoms with van der Waals surface area (Å²) < 4.78 is 0. The summed E-state index contributed by atoms with van der Waals surface area (Å²) in [6, 6.07) is 20.7. The highest BCUT2D eigenvalue weighted by molar-refractivity contribution is 8.00. The number of benzene rings is 2. The Balaban J connectivity index is 1.47. The first kappa shape index (κ1) is 17.1. The van der Waals surface area contributed by atoms with Gasteiger partial charge < -0.3 is 4.90 Å². The van der Waals surface area contributed by atoms with Crippen molar-refractivity contribution in [2.75, 3.05) is 31.9 Å². The van der Waals surface area contributed by atoms with Gasteiger partial charge in [-0.2, -0.15) is 0 Å². The Morgan fingerprint density at radius 2 is 1.58 bits per heavy atom. The van der Waals surface area contributed by atoms with Gasteiger partial charge in [-0.3, -0.25) is 9.69 Å². The van der Waals surface area contributed by atoms with Crippen LogP contribution in [0.2, 0.25) is 0 Å². The average molecular weight is 340 g/mol. The maximum Gasteiger partial charge on any atom is 0.232 e. The van der Waals surface area contributed by atoms with Crippen molar-refractivity contribution in [3.05, 3.63) is 66.2 Å². The molecule has 0 N–H and O–H groups in total. The fourth-order valence-corrected chi connectivity index (χ4v) is 3.80. The number of hydrogen-bond donors (Lipinski definition) is 0. The first-order valence-corrected chi connectivity index (χ1v) is 9.52. The molecule has 0 aliphatic carbocycles. The molecule has 0 aromatic heterocycles. The van der Waals surface area contributed by atoms with Gasteiger partial charge in [0.15, 0.2) is 0 Å². The Morgan fingerprint density at radius 1 is 0.875 bits per heavy atom. The zero-order valence-corrected chi connectivity index (χ0v) is 14.8. The zero-order valence-electron chi connectivity index (χ0n) is 13.9. The van der Waals surface area contributed by atoms with E-state index in [2.05, 4.69) is 47.4 Å². The second kappa shape index (κ2) is 8.90. The van der Waals surface area contributed by atoms with Crippen LogP contribution in [0.4, 0.5) is 0 Å². The third-order valence-electron chi connectivity index (χ3n) is 4.30. The smallest absolute Gasteiger partial charge is 0.232 e. The fourth-order valence-electron chi connectivity index (χ4n) is 2.97. The van der Waals surface area contributed by atoms with Gasteiger partial charge in [-0.1, -0.05) is 48.5 Å². The molecule has 126 valence electrons. The van der Waals surface area contributed by atoms with E-state index in [1.54, 1.807) is 11.8 Å². The van der Waals surface area contributed by atoms with Crippen molar-refractivity contribution >= 4 is 17.7 Å². The third kappa shape index (κ3) is 5.11. The molecule has 24 heavy (non-hydrogen) atoms. The van der Waals surface area contributed by atoms with Gasteiger partial charge in [-0.15, -0.1) is 11.8 Å². The molecule has 0 unspecified atom stereocenters. The monoisotopic (exact) mass is 340 g/mol. The Hall–Kier alpha value is -1.78. The molecule has 1 amide bonds. The van der Waals surface area contributed by atoms with Crippen LogP contribution >= 0.6 is 11.8 Å². The van der Waals surface area contributed by atoms with Gasteiger partial charge in [-0.25, -0.2) is 0 Å². The Bertz CT molecular complexity index is 633. The van der Waals surface area contributed by atoms with E-state index in [-0.39, 0.29) is 5.91 Å². The molecule has 0 atom stereocenters. The van der Waals surface area contributed by atoms with Gasteiger partial charge in [0.05, 0.1) is 5.75 Å². The topological polar surface area (TPSA) is 23.6 Å². The van der Waals surface area contributed by atoms with E-state index in [0.29, 0.717) is 5.75 Å². The van der Waals surface area contributed by atoms with Crippen LogP contribution in [0.25, 0.3) is 0 Å². The van der Waals surface area contributed by atoms with Gasteiger partial charge in [0.2, 0.25) is 5.91 Å². The standard InChI is InChI=1S/C20H24N2OS/c23-20(17-24-19-10-5-2-6-11-19)22-13-7-12-21(14-15-22)16-18-8-3-1-4-9-18/h1-6,8-11H,7,12-17H2. The predicted molar refractivity (Wildman–Crippen MR) is 100 cm³/mol. The molecule has 0 saturated carbocycles. The molecule has 1 saturated heterocycles. The molecule has 3 nitrogen and oxygen atoms in total. The molecular formula is C20H24N2OS. The molecule has 1 aliphatic rings. The van der Waals surface area contributed by atoms with Gasteiger partial charge in [-0.05, 0) is 24.1 Å². The van der Waals surface area contributed by atoms with Crippen LogP contribution in [0, 0.1) is 0 Å². The summed E-state index contributed by atoms with van der Waals surface area (Å²) in [7, 11) is 0. The van der Waals surface area contributed by atoms with Crippen LogP contribution < -0.4 is 0 Å². The maximum absolute atomic E-state index is 12.5. The number of rotatable bonds is 5. The molecule has 3 rings (SSSR count). The average Bonchev–Trinajstić information content (AvgIpc) is 2.87. The van der Waals surface area contributed by atoms with Gasteiger partial charge in [0.25, 0.3) is 0 Å². The Labute approximate surface area is 148 Å². The second-order valence-corrected chi connectivity index (χ2v) is 7.15. The molecule has 2 aromatic rings. The number of hydrogen-bond acceptors (Lipinski definition) is 3. The molecule has 1 aliphatic heterocycles. The van der Waals surface area contributed by atoms with E-state index in [1.165, 1.54) is 5.56 Å². The Kier molecular flexibility index (Phi) is 6.33. The summed E-state index contributed by atoms with van der Waals surface area (Å²) in [4.78, 5) is 18.1. The first-order chi connectivity index (χ1) is 11.8. The quantitative estimate of drug-likeness (QED) is 0.778. The van der Waals surface area contributed by atoms with Crippen LogP contribution in [0.1, 0.15) is 12.0 Å². The van der Waals surface area contributed by atoms with Crippen LogP contribution in [0.15, 0.2) is 65.6 Å². The molecule has 1 heterocycles. The SMILES string of the molecule is O=C(CSc1ccccc1)N1CCCN(Cc2ccccc2)CC1. The summed E-state index contributed by atoms with van der Waals surface area (Å²) in [6.07, 6.45) is 1.05. The molecular weight excluding hydrogens is 316 g/mol. The lowest BCUT2D eigenvalue weighted by molar-refractivity contribution is -0.128. The molecule has 2 aromatic carbocycles.